The normalized spacial score (nSPS) is 10.8. The lowest BCUT2D eigenvalue weighted by Crippen LogP contribution is -2.39. The number of nitrogens with two attached hydrogens (primary N) is 1. The predicted molar refractivity (Wildman–Crippen MR) is 83.5 cm³/mol. The summed E-state index contributed by atoms with van der Waals surface area (Å²) in [5, 5.41) is 0.676. The van der Waals surface area contributed by atoms with E-state index in [4.69, 9.17) is 28.9 Å². The van der Waals surface area contributed by atoms with Gasteiger partial charge >= 0.3 is 0 Å². The first-order valence-electron chi connectivity index (χ1n) is 5.68. The average molecular weight is 326 g/mol. The molecule has 0 heterocycles. The van der Waals surface area contributed by atoms with Crippen molar-refractivity contribution < 1.29 is 4.79 Å². The van der Waals surface area contributed by atoms with Gasteiger partial charge < -0.3 is 10.6 Å². The van der Waals surface area contributed by atoms with Crippen LogP contribution in [0.2, 0.25) is 10.0 Å². The Hall–Kier alpha value is -0.480. The molecule has 0 aliphatic rings. The van der Waals surface area contributed by atoms with Gasteiger partial charge in [0.2, 0.25) is 0 Å². The lowest BCUT2D eigenvalue weighted by atomic mass is 9.93. The van der Waals surface area contributed by atoms with E-state index in [0.717, 1.165) is 0 Å². The van der Waals surface area contributed by atoms with E-state index >= 15 is 0 Å². The molecule has 0 saturated heterocycles. The number of rotatable bonds is 4. The molecule has 1 aromatic carbocycles. The maximum Gasteiger partial charge on any atom is 0.255 e. The number of halogens is 3. The molecule has 0 spiro atoms. The zero-order valence-corrected chi connectivity index (χ0v) is 13.6. The van der Waals surface area contributed by atoms with Crippen molar-refractivity contribution in [1.29, 1.82) is 0 Å². The fourth-order valence-electron chi connectivity index (χ4n) is 1.65. The van der Waals surface area contributed by atoms with Gasteiger partial charge in [-0.05, 0) is 24.1 Å². The molecule has 2 N–H and O–H groups in total. The van der Waals surface area contributed by atoms with Crippen LogP contribution in [0, 0.1) is 5.41 Å². The lowest BCUT2D eigenvalue weighted by molar-refractivity contribution is 0.0741. The van der Waals surface area contributed by atoms with Crippen LogP contribution in [0.15, 0.2) is 18.2 Å². The van der Waals surface area contributed by atoms with Gasteiger partial charge in [-0.25, -0.2) is 0 Å². The minimum absolute atomic E-state index is 0. The molecule has 0 radical (unpaired) electrons. The molecule has 0 bridgehead atoms. The van der Waals surface area contributed by atoms with E-state index in [1.54, 1.807) is 30.1 Å². The van der Waals surface area contributed by atoms with Crippen LogP contribution in [0.4, 0.5) is 0 Å². The molecule has 0 fully saturated rings. The van der Waals surface area contributed by atoms with Gasteiger partial charge in [0.15, 0.2) is 0 Å². The second-order valence-corrected chi connectivity index (χ2v) is 5.92. The summed E-state index contributed by atoms with van der Waals surface area (Å²) in [6.07, 6.45) is 0. The number of carbonyl (C=O) groups excluding carboxylic acids is 1. The SMILES string of the molecule is CN(CC(C)(C)CN)C(=O)c1cccc(Cl)c1Cl.Cl. The van der Waals surface area contributed by atoms with Gasteiger partial charge in [-0.15, -0.1) is 12.4 Å². The summed E-state index contributed by atoms with van der Waals surface area (Å²) in [5.41, 5.74) is 5.95. The number of amides is 1. The van der Waals surface area contributed by atoms with E-state index in [0.29, 0.717) is 28.7 Å². The van der Waals surface area contributed by atoms with Crippen molar-refractivity contribution in [2.45, 2.75) is 13.8 Å². The zero-order chi connectivity index (χ0) is 13.9. The molecule has 0 aromatic heterocycles. The second kappa shape index (κ2) is 7.34. The van der Waals surface area contributed by atoms with Crippen LogP contribution in [-0.4, -0.2) is 30.9 Å². The van der Waals surface area contributed by atoms with Crippen LogP contribution in [0.5, 0.6) is 0 Å². The Labute approximate surface area is 130 Å². The summed E-state index contributed by atoms with van der Waals surface area (Å²) in [4.78, 5) is 13.9. The topological polar surface area (TPSA) is 46.3 Å². The molecule has 1 amide bonds. The van der Waals surface area contributed by atoms with Crippen molar-refractivity contribution in [2.24, 2.45) is 11.1 Å². The molecule has 6 heteroatoms. The fraction of sp³-hybridized carbons (Fsp3) is 0.462. The molecule has 1 aromatic rings. The van der Waals surface area contributed by atoms with Gasteiger partial charge in [-0.1, -0.05) is 43.1 Å². The van der Waals surface area contributed by atoms with Crippen LogP contribution >= 0.6 is 35.6 Å². The van der Waals surface area contributed by atoms with Gasteiger partial charge in [0.25, 0.3) is 5.91 Å². The molecule has 19 heavy (non-hydrogen) atoms. The van der Waals surface area contributed by atoms with Crippen LogP contribution in [0.25, 0.3) is 0 Å². The number of benzene rings is 1. The van der Waals surface area contributed by atoms with Gasteiger partial charge in [-0.2, -0.15) is 0 Å². The Kier molecular flexibility index (Phi) is 7.16. The van der Waals surface area contributed by atoms with Crippen LogP contribution in [-0.2, 0) is 0 Å². The van der Waals surface area contributed by atoms with Crippen molar-refractivity contribution in [2.75, 3.05) is 20.1 Å². The molecule has 108 valence electrons. The minimum atomic E-state index is -0.149. The molecule has 0 aliphatic heterocycles. The van der Waals surface area contributed by atoms with Gasteiger partial charge in [-0.3, -0.25) is 4.79 Å². The maximum atomic E-state index is 12.3. The highest BCUT2D eigenvalue weighted by atomic mass is 35.5. The largest absolute Gasteiger partial charge is 0.341 e. The average Bonchev–Trinajstić information content (AvgIpc) is 2.31. The van der Waals surface area contributed by atoms with Crippen molar-refractivity contribution in [3.63, 3.8) is 0 Å². The predicted octanol–water partition coefficient (Wildman–Crippen LogP) is 3.47. The fourth-order valence-corrected chi connectivity index (χ4v) is 2.03. The van der Waals surface area contributed by atoms with E-state index in [1.165, 1.54) is 0 Å². The van der Waals surface area contributed by atoms with E-state index in [9.17, 15) is 4.79 Å². The maximum absolute atomic E-state index is 12.3. The third-order valence-corrected chi connectivity index (χ3v) is 3.57. The first kappa shape index (κ1) is 18.5. The Balaban J connectivity index is 0.00000324. The summed E-state index contributed by atoms with van der Waals surface area (Å²) in [6, 6.07) is 5.04. The Morgan fingerprint density at radius 3 is 2.47 bits per heavy atom. The Morgan fingerprint density at radius 1 is 1.37 bits per heavy atom. The van der Waals surface area contributed by atoms with E-state index in [1.807, 2.05) is 13.8 Å². The molecular weight excluding hydrogens is 307 g/mol. The molecule has 1 rings (SSSR count). The number of hydrogen-bond donors (Lipinski definition) is 1. The number of carbonyl (C=O) groups is 1. The highest BCUT2D eigenvalue weighted by molar-refractivity contribution is 6.43. The summed E-state index contributed by atoms with van der Waals surface area (Å²) in [5.74, 6) is -0.149. The second-order valence-electron chi connectivity index (χ2n) is 5.13. The molecule has 0 saturated carbocycles. The van der Waals surface area contributed by atoms with E-state index < -0.39 is 0 Å². The van der Waals surface area contributed by atoms with Crippen LogP contribution in [0.1, 0.15) is 24.2 Å². The van der Waals surface area contributed by atoms with E-state index in [-0.39, 0.29) is 23.7 Å². The highest BCUT2D eigenvalue weighted by Gasteiger charge is 2.23. The summed E-state index contributed by atoms with van der Waals surface area (Å²) >= 11 is 11.9. The summed E-state index contributed by atoms with van der Waals surface area (Å²) in [7, 11) is 1.73. The van der Waals surface area contributed by atoms with Crippen molar-refractivity contribution in [1.82, 2.24) is 4.90 Å². The van der Waals surface area contributed by atoms with Crippen molar-refractivity contribution >= 4 is 41.5 Å². The molecular formula is C13H19Cl3N2O. The summed E-state index contributed by atoms with van der Waals surface area (Å²) < 4.78 is 0. The van der Waals surface area contributed by atoms with Gasteiger partial charge in [0, 0.05) is 13.6 Å². The smallest absolute Gasteiger partial charge is 0.255 e. The van der Waals surface area contributed by atoms with E-state index in [2.05, 4.69) is 0 Å². The van der Waals surface area contributed by atoms with Crippen molar-refractivity contribution in [3.8, 4) is 0 Å². The van der Waals surface area contributed by atoms with Gasteiger partial charge in [0.1, 0.15) is 0 Å². The molecule has 0 atom stereocenters. The third kappa shape index (κ3) is 4.84. The zero-order valence-electron chi connectivity index (χ0n) is 11.2. The first-order valence-corrected chi connectivity index (χ1v) is 6.43. The van der Waals surface area contributed by atoms with Crippen molar-refractivity contribution in [3.05, 3.63) is 33.8 Å². The number of nitrogens with zero attached hydrogens (tertiary/aromatic N) is 1. The Bertz CT molecular complexity index is 450. The molecule has 0 unspecified atom stereocenters. The quantitative estimate of drug-likeness (QED) is 0.921. The standard InChI is InChI=1S/C13H18Cl2N2O.ClH/c1-13(2,7-16)8-17(3)12(18)9-5-4-6-10(14)11(9)15;/h4-6H,7-8,16H2,1-3H3;1H. The third-order valence-electron chi connectivity index (χ3n) is 2.75. The summed E-state index contributed by atoms with van der Waals surface area (Å²) in [6.45, 7) is 5.09. The minimum Gasteiger partial charge on any atom is -0.341 e. The highest BCUT2D eigenvalue weighted by Crippen LogP contribution is 2.27. The molecule has 0 aliphatic carbocycles. The Morgan fingerprint density at radius 2 is 1.95 bits per heavy atom. The lowest BCUT2D eigenvalue weighted by Gasteiger charge is -2.29. The monoisotopic (exact) mass is 324 g/mol. The van der Waals surface area contributed by atoms with Gasteiger partial charge in [0.05, 0.1) is 15.6 Å². The number of hydrogen-bond acceptors (Lipinski definition) is 2. The first-order chi connectivity index (χ1) is 8.28. The molecule has 3 nitrogen and oxygen atoms in total. The van der Waals surface area contributed by atoms with Crippen LogP contribution < -0.4 is 5.73 Å². The van der Waals surface area contributed by atoms with Crippen LogP contribution in [0.3, 0.4) is 0 Å².